The van der Waals surface area contributed by atoms with Crippen LogP contribution in [0, 0.1) is 17.5 Å². The second-order valence-corrected chi connectivity index (χ2v) is 9.06. The van der Waals surface area contributed by atoms with Gasteiger partial charge in [-0.3, -0.25) is 0 Å². The van der Waals surface area contributed by atoms with Gasteiger partial charge >= 0.3 is 6.18 Å². The van der Waals surface area contributed by atoms with Crippen LogP contribution in [-0.2, 0) is 24.0 Å². The van der Waals surface area contributed by atoms with Gasteiger partial charge in [-0.25, -0.2) is 13.2 Å². The highest BCUT2D eigenvalue weighted by Gasteiger charge is 2.30. The van der Waals surface area contributed by atoms with Crippen molar-refractivity contribution in [3.63, 3.8) is 0 Å². The highest BCUT2D eigenvalue weighted by Crippen LogP contribution is 2.30. The maximum absolute atomic E-state index is 15.3. The number of fused-ring (bicyclic) bond motifs is 1. The van der Waals surface area contributed by atoms with Crippen molar-refractivity contribution in [2.75, 3.05) is 20.3 Å². The fourth-order valence-corrected chi connectivity index (χ4v) is 4.32. The van der Waals surface area contributed by atoms with E-state index >= 15 is 4.39 Å². The highest BCUT2D eigenvalue weighted by atomic mass is 19.4. The molecule has 0 amide bonds. The smallest absolute Gasteiger partial charge is 0.422 e. The molecule has 0 spiro atoms. The molecule has 8 heteroatoms. The maximum atomic E-state index is 15.3. The lowest BCUT2D eigenvalue weighted by Crippen LogP contribution is -2.20. The van der Waals surface area contributed by atoms with Gasteiger partial charge in [0, 0.05) is 19.1 Å². The molecular weight excluding hydrogens is 506 g/mol. The van der Waals surface area contributed by atoms with Crippen LogP contribution in [-0.4, -0.2) is 26.5 Å². The summed E-state index contributed by atoms with van der Waals surface area (Å²) in [7, 11) is 1.68. The summed E-state index contributed by atoms with van der Waals surface area (Å²) in [6.45, 7) is -1.09. The zero-order chi connectivity index (χ0) is 27.3. The molecule has 0 N–H and O–H groups in total. The van der Waals surface area contributed by atoms with E-state index in [1.165, 1.54) is 5.56 Å². The summed E-state index contributed by atoms with van der Waals surface area (Å²) in [6.07, 6.45) is -2.62. The molecule has 2 nitrogen and oxygen atoms in total. The minimum atomic E-state index is -4.72. The van der Waals surface area contributed by atoms with Gasteiger partial charge in [-0.05, 0) is 77.1 Å². The lowest BCUT2D eigenvalue weighted by Gasteiger charge is -2.12. The van der Waals surface area contributed by atoms with E-state index in [9.17, 15) is 22.0 Å². The van der Waals surface area contributed by atoms with Crippen LogP contribution in [0.1, 0.15) is 23.1 Å². The van der Waals surface area contributed by atoms with Gasteiger partial charge in [-0.15, -0.1) is 0 Å². The number of methoxy groups -OCH3 is 1. The number of ether oxygens (including phenoxy) is 2. The second kappa shape index (κ2) is 11.9. The van der Waals surface area contributed by atoms with Crippen LogP contribution in [0.25, 0.3) is 21.9 Å². The normalized spacial score (nSPS) is 11.8. The molecule has 0 bridgehead atoms. The Kier molecular flexibility index (Phi) is 8.62. The van der Waals surface area contributed by atoms with E-state index in [-0.39, 0.29) is 18.4 Å². The fourth-order valence-electron chi connectivity index (χ4n) is 4.32. The van der Waals surface area contributed by atoms with Gasteiger partial charge in [-0.2, -0.15) is 13.2 Å². The fraction of sp³-hybridized carbons (Fsp3) is 0.267. The predicted octanol–water partition coefficient (Wildman–Crippen LogP) is 8.23. The Morgan fingerprint density at radius 2 is 1.39 bits per heavy atom. The van der Waals surface area contributed by atoms with E-state index in [1.54, 1.807) is 25.3 Å². The van der Waals surface area contributed by atoms with Crippen LogP contribution in [0.5, 0.6) is 5.75 Å². The predicted molar refractivity (Wildman–Crippen MR) is 135 cm³/mol. The summed E-state index contributed by atoms with van der Waals surface area (Å²) in [6, 6.07) is 18.9. The van der Waals surface area contributed by atoms with Crippen molar-refractivity contribution in [3.05, 3.63) is 101 Å². The molecule has 0 fully saturated rings. The molecule has 0 radical (unpaired) electrons. The monoisotopic (exact) mass is 532 g/mol. The molecule has 0 aliphatic heterocycles. The summed E-state index contributed by atoms with van der Waals surface area (Å²) in [5, 5.41) is 1.15. The average Bonchev–Trinajstić information content (AvgIpc) is 2.87. The molecule has 200 valence electrons. The minimum absolute atomic E-state index is 0.0879. The minimum Gasteiger partial charge on any atom is -0.478 e. The van der Waals surface area contributed by atoms with Gasteiger partial charge in [0.25, 0.3) is 0 Å². The molecule has 0 atom stereocenters. The molecule has 0 aromatic heterocycles. The molecule has 0 aliphatic rings. The number of benzene rings is 4. The highest BCUT2D eigenvalue weighted by molar-refractivity contribution is 5.88. The Hall–Kier alpha value is -3.52. The summed E-state index contributed by atoms with van der Waals surface area (Å²) in [5.41, 5.74) is 3.72. The summed E-state index contributed by atoms with van der Waals surface area (Å²) in [5.74, 6) is -3.98. The van der Waals surface area contributed by atoms with Crippen molar-refractivity contribution in [3.8, 4) is 16.9 Å². The molecule has 0 heterocycles. The van der Waals surface area contributed by atoms with Crippen molar-refractivity contribution in [2.24, 2.45) is 0 Å². The molecule has 38 heavy (non-hydrogen) atoms. The molecular formula is C30H26F6O2. The van der Waals surface area contributed by atoms with E-state index in [0.717, 1.165) is 41.5 Å². The quantitative estimate of drug-likeness (QED) is 0.151. The first kappa shape index (κ1) is 27.5. The first-order chi connectivity index (χ1) is 18.1. The number of hydrogen-bond acceptors (Lipinski definition) is 2. The van der Waals surface area contributed by atoms with Crippen molar-refractivity contribution < 1.29 is 35.8 Å². The molecule has 0 saturated heterocycles. The largest absolute Gasteiger partial charge is 0.478 e. The summed E-state index contributed by atoms with van der Waals surface area (Å²) < 4.78 is 89.8. The zero-order valence-electron chi connectivity index (χ0n) is 20.7. The Bertz CT molecular complexity index is 1370. The van der Waals surface area contributed by atoms with Crippen LogP contribution in [0.15, 0.2) is 66.7 Å². The third-order valence-corrected chi connectivity index (χ3v) is 6.26. The Balaban J connectivity index is 1.46. The second-order valence-electron chi connectivity index (χ2n) is 9.06. The van der Waals surface area contributed by atoms with E-state index in [2.05, 4.69) is 16.9 Å². The van der Waals surface area contributed by atoms with Crippen LogP contribution < -0.4 is 4.74 Å². The lowest BCUT2D eigenvalue weighted by molar-refractivity contribution is -0.154. The topological polar surface area (TPSA) is 18.5 Å². The standard InChI is InChI=1S/C30H26F6O2/c1-37-14-2-3-19-4-7-21(8-5-19)23-12-13-25-24(17-23)11-10-22(28(25)33)9-6-20-15-26(31)29(27(32)16-20)38-18-30(34,35)36/h4-5,7-8,10-13,15-17H,2-3,6,9,14,18H2,1H3. The molecule has 0 saturated carbocycles. The average molecular weight is 533 g/mol. The maximum Gasteiger partial charge on any atom is 0.422 e. The van der Waals surface area contributed by atoms with E-state index in [0.29, 0.717) is 17.6 Å². The number of rotatable bonds is 10. The van der Waals surface area contributed by atoms with Gasteiger partial charge in [0.15, 0.2) is 24.0 Å². The van der Waals surface area contributed by atoms with Gasteiger partial charge < -0.3 is 9.47 Å². The Morgan fingerprint density at radius 3 is 2.05 bits per heavy atom. The Labute approximate surface area is 216 Å². The summed E-state index contributed by atoms with van der Waals surface area (Å²) in [4.78, 5) is 0. The van der Waals surface area contributed by atoms with Gasteiger partial charge in [0.05, 0.1) is 0 Å². The third-order valence-electron chi connectivity index (χ3n) is 6.26. The molecule has 0 unspecified atom stereocenters. The summed E-state index contributed by atoms with van der Waals surface area (Å²) >= 11 is 0. The SMILES string of the molecule is COCCCc1ccc(-c2ccc3c(F)c(CCc4cc(F)c(OCC(F)(F)F)c(F)c4)ccc3c2)cc1. The molecule has 4 aromatic carbocycles. The number of aryl methyl sites for hydroxylation is 3. The van der Waals surface area contributed by atoms with E-state index < -0.39 is 36.0 Å². The molecule has 4 aromatic rings. The van der Waals surface area contributed by atoms with Crippen LogP contribution >= 0.6 is 0 Å². The third kappa shape index (κ3) is 6.86. The van der Waals surface area contributed by atoms with E-state index in [4.69, 9.17) is 4.74 Å². The number of hydrogen-bond donors (Lipinski definition) is 0. The van der Waals surface area contributed by atoms with Crippen molar-refractivity contribution in [1.29, 1.82) is 0 Å². The van der Waals surface area contributed by atoms with Crippen molar-refractivity contribution in [2.45, 2.75) is 31.9 Å². The van der Waals surface area contributed by atoms with Crippen LogP contribution in [0.2, 0.25) is 0 Å². The first-order valence-corrected chi connectivity index (χ1v) is 12.1. The van der Waals surface area contributed by atoms with Gasteiger partial charge in [0.2, 0.25) is 0 Å². The zero-order valence-corrected chi connectivity index (χ0v) is 20.7. The van der Waals surface area contributed by atoms with Gasteiger partial charge in [-0.1, -0.05) is 48.5 Å². The van der Waals surface area contributed by atoms with Crippen LogP contribution in [0.3, 0.4) is 0 Å². The number of alkyl halides is 3. The van der Waals surface area contributed by atoms with Crippen LogP contribution in [0.4, 0.5) is 26.3 Å². The Morgan fingerprint density at radius 1 is 0.711 bits per heavy atom. The van der Waals surface area contributed by atoms with E-state index in [1.807, 2.05) is 24.3 Å². The first-order valence-electron chi connectivity index (χ1n) is 12.1. The van der Waals surface area contributed by atoms with Crippen molar-refractivity contribution in [1.82, 2.24) is 0 Å². The van der Waals surface area contributed by atoms with Gasteiger partial charge in [0.1, 0.15) is 5.82 Å². The van der Waals surface area contributed by atoms with Crippen molar-refractivity contribution >= 4 is 10.8 Å². The molecule has 4 rings (SSSR count). The molecule has 0 aliphatic carbocycles. The number of halogens is 6. The lowest BCUT2D eigenvalue weighted by atomic mass is 9.96.